The summed E-state index contributed by atoms with van der Waals surface area (Å²) in [4.78, 5) is 6.63. The summed E-state index contributed by atoms with van der Waals surface area (Å²) in [5.41, 5.74) is 9.95. The van der Waals surface area contributed by atoms with Crippen LogP contribution in [-0.4, -0.2) is 17.7 Å². The maximum absolute atomic E-state index is 6.20. The zero-order valence-corrected chi connectivity index (χ0v) is 10.3. The van der Waals surface area contributed by atoms with Crippen LogP contribution in [0.5, 0.6) is 0 Å². The molecule has 3 rings (SSSR count). The molecule has 0 spiro atoms. The molecule has 0 aliphatic carbocycles. The molecule has 0 saturated heterocycles. The summed E-state index contributed by atoms with van der Waals surface area (Å²) < 4.78 is 0. The van der Waals surface area contributed by atoms with E-state index in [9.17, 15) is 0 Å². The van der Waals surface area contributed by atoms with Gasteiger partial charge in [0, 0.05) is 37.0 Å². The van der Waals surface area contributed by atoms with E-state index in [1.165, 1.54) is 11.3 Å². The Labute approximate surface area is 107 Å². The van der Waals surface area contributed by atoms with Gasteiger partial charge in [0.2, 0.25) is 0 Å². The van der Waals surface area contributed by atoms with Crippen molar-refractivity contribution in [3.63, 3.8) is 0 Å². The van der Waals surface area contributed by atoms with Crippen molar-refractivity contribution in [3.05, 3.63) is 59.9 Å². The van der Waals surface area contributed by atoms with Crippen molar-refractivity contribution in [1.29, 1.82) is 0 Å². The summed E-state index contributed by atoms with van der Waals surface area (Å²) in [5.74, 6) is 0. The zero-order valence-electron chi connectivity index (χ0n) is 10.3. The normalized spacial score (nSPS) is 17.8. The molecule has 3 nitrogen and oxygen atoms in total. The smallest absolute Gasteiger partial charge is 0.0812 e. The lowest BCUT2D eigenvalue weighted by molar-refractivity contribution is 0.641. The molecule has 1 aliphatic rings. The second-order valence-corrected chi connectivity index (χ2v) is 4.66. The minimum absolute atomic E-state index is 0.103. The molecular formula is C15H17N3. The molecule has 2 heterocycles. The highest BCUT2D eigenvalue weighted by molar-refractivity contribution is 5.59. The van der Waals surface area contributed by atoms with Crippen molar-refractivity contribution in [2.75, 3.05) is 11.4 Å². The number of hydrogen-bond acceptors (Lipinski definition) is 3. The monoisotopic (exact) mass is 239 g/mol. The molecular weight excluding hydrogens is 222 g/mol. The number of fused-ring (bicyclic) bond motifs is 1. The summed E-state index contributed by atoms with van der Waals surface area (Å²) in [5, 5.41) is 0. The highest BCUT2D eigenvalue weighted by Gasteiger charge is 2.25. The third-order valence-corrected chi connectivity index (χ3v) is 3.47. The molecule has 1 aliphatic heterocycles. The second kappa shape index (κ2) is 4.78. The minimum atomic E-state index is 0.103. The molecule has 2 N–H and O–H groups in total. The molecule has 92 valence electrons. The standard InChI is InChI=1S/C15H17N3/c16-15-11-12-5-1-2-7-14(12)18(15)10-8-13-6-3-4-9-17-13/h1-7,9,15H,8,10-11,16H2. The van der Waals surface area contributed by atoms with E-state index in [2.05, 4.69) is 40.2 Å². The Morgan fingerprint density at radius 1 is 1.17 bits per heavy atom. The van der Waals surface area contributed by atoms with Crippen molar-refractivity contribution < 1.29 is 0 Å². The van der Waals surface area contributed by atoms with Gasteiger partial charge in [0.25, 0.3) is 0 Å². The Balaban J connectivity index is 1.74. The molecule has 0 bridgehead atoms. The van der Waals surface area contributed by atoms with Gasteiger partial charge in [-0.1, -0.05) is 24.3 Å². The van der Waals surface area contributed by atoms with E-state index in [0.29, 0.717) is 0 Å². The molecule has 1 atom stereocenters. The van der Waals surface area contributed by atoms with Crippen LogP contribution >= 0.6 is 0 Å². The first kappa shape index (κ1) is 11.2. The fraction of sp³-hybridized carbons (Fsp3) is 0.267. The largest absolute Gasteiger partial charge is 0.355 e. The number of hydrogen-bond donors (Lipinski definition) is 1. The molecule has 1 aromatic heterocycles. The number of aromatic nitrogens is 1. The summed E-state index contributed by atoms with van der Waals surface area (Å²) >= 11 is 0. The predicted octanol–water partition coefficient (Wildman–Crippen LogP) is 1.97. The van der Waals surface area contributed by atoms with Crippen molar-refractivity contribution in [1.82, 2.24) is 4.98 Å². The fourth-order valence-electron chi connectivity index (χ4n) is 2.55. The van der Waals surface area contributed by atoms with E-state index in [1.54, 1.807) is 0 Å². The highest BCUT2D eigenvalue weighted by Crippen LogP contribution is 2.29. The average Bonchev–Trinajstić information content (AvgIpc) is 2.73. The summed E-state index contributed by atoms with van der Waals surface area (Å²) in [7, 11) is 0. The number of benzene rings is 1. The Bertz CT molecular complexity index is 524. The van der Waals surface area contributed by atoms with E-state index in [1.807, 2.05) is 18.3 Å². The van der Waals surface area contributed by atoms with Gasteiger partial charge in [-0.3, -0.25) is 4.98 Å². The van der Waals surface area contributed by atoms with Crippen molar-refractivity contribution in [3.8, 4) is 0 Å². The van der Waals surface area contributed by atoms with Crippen LogP contribution in [-0.2, 0) is 12.8 Å². The van der Waals surface area contributed by atoms with Crippen LogP contribution in [0.25, 0.3) is 0 Å². The van der Waals surface area contributed by atoms with Crippen LogP contribution in [0.1, 0.15) is 11.3 Å². The summed E-state index contributed by atoms with van der Waals surface area (Å²) in [6, 6.07) is 14.5. The first-order chi connectivity index (χ1) is 8.84. The molecule has 1 aromatic carbocycles. The predicted molar refractivity (Wildman–Crippen MR) is 73.4 cm³/mol. The van der Waals surface area contributed by atoms with E-state index in [4.69, 9.17) is 5.73 Å². The molecule has 18 heavy (non-hydrogen) atoms. The number of nitrogens with two attached hydrogens (primary N) is 1. The Morgan fingerprint density at radius 2 is 2.00 bits per heavy atom. The van der Waals surface area contributed by atoms with E-state index in [0.717, 1.165) is 25.1 Å². The number of anilines is 1. The first-order valence-electron chi connectivity index (χ1n) is 6.34. The summed E-state index contributed by atoms with van der Waals surface area (Å²) in [6.45, 7) is 0.926. The lowest BCUT2D eigenvalue weighted by Gasteiger charge is -2.24. The van der Waals surface area contributed by atoms with Gasteiger partial charge in [0.15, 0.2) is 0 Å². The number of pyridine rings is 1. The third kappa shape index (κ3) is 2.09. The molecule has 0 radical (unpaired) electrons. The quantitative estimate of drug-likeness (QED) is 0.890. The number of rotatable bonds is 3. The molecule has 3 heteroatoms. The van der Waals surface area contributed by atoms with Gasteiger partial charge >= 0.3 is 0 Å². The van der Waals surface area contributed by atoms with Gasteiger partial charge in [-0.25, -0.2) is 0 Å². The van der Waals surface area contributed by atoms with E-state index >= 15 is 0 Å². The van der Waals surface area contributed by atoms with Gasteiger partial charge in [0.1, 0.15) is 0 Å². The third-order valence-electron chi connectivity index (χ3n) is 3.47. The lowest BCUT2D eigenvalue weighted by Crippen LogP contribution is -2.40. The molecule has 2 aromatic rings. The van der Waals surface area contributed by atoms with Crippen molar-refractivity contribution in [2.24, 2.45) is 5.73 Å². The van der Waals surface area contributed by atoms with Crippen LogP contribution in [0.4, 0.5) is 5.69 Å². The van der Waals surface area contributed by atoms with Crippen LogP contribution in [0.2, 0.25) is 0 Å². The van der Waals surface area contributed by atoms with Gasteiger partial charge in [-0.2, -0.15) is 0 Å². The van der Waals surface area contributed by atoms with Crippen molar-refractivity contribution in [2.45, 2.75) is 19.0 Å². The minimum Gasteiger partial charge on any atom is -0.355 e. The first-order valence-corrected chi connectivity index (χ1v) is 6.34. The van der Waals surface area contributed by atoms with Gasteiger partial charge in [0.05, 0.1) is 6.17 Å². The maximum atomic E-state index is 6.20. The Kier molecular flexibility index (Phi) is 2.99. The van der Waals surface area contributed by atoms with Crippen molar-refractivity contribution >= 4 is 5.69 Å². The van der Waals surface area contributed by atoms with E-state index < -0.39 is 0 Å². The van der Waals surface area contributed by atoms with Crippen LogP contribution in [0.15, 0.2) is 48.7 Å². The van der Waals surface area contributed by atoms with Crippen LogP contribution in [0, 0.1) is 0 Å². The average molecular weight is 239 g/mol. The highest BCUT2D eigenvalue weighted by atomic mass is 15.2. The zero-order chi connectivity index (χ0) is 12.4. The second-order valence-electron chi connectivity index (χ2n) is 4.66. The van der Waals surface area contributed by atoms with Gasteiger partial charge < -0.3 is 10.6 Å². The Hall–Kier alpha value is -1.87. The summed E-state index contributed by atoms with van der Waals surface area (Å²) in [6.07, 6.45) is 3.82. The topological polar surface area (TPSA) is 42.1 Å². The maximum Gasteiger partial charge on any atom is 0.0812 e. The molecule has 0 fully saturated rings. The SMILES string of the molecule is NC1Cc2ccccc2N1CCc1ccccn1. The van der Waals surface area contributed by atoms with E-state index in [-0.39, 0.29) is 6.17 Å². The number of nitrogens with zero attached hydrogens (tertiary/aromatic N) is 2. The fourth-order valence-corrected chi connectivity index (χ4v) is 2.55. The molecule has 1 unspecified atom stereocenters. The van der Waals surface area contributed by atoms with Gasteiger partial charge in [-0.15, -0.1) is 0 Å². The van der Waals surface area contributed by atoms with Crippen LogP contribution < -0.4 is 10.6 Å². The van der Waals surface area contributed by atoms with Gasteiger partial charge in [-0.05, 0) is 23.8 Å². The lowest BCUT2D eigenvalue weighted by atomic mass is 10.1. The Morgan fingerprint density at radius 3 is 2.83 bits per heavy atom. The molecule has 0 amide bonds. The molecule has 0 saturated carbocycles. The van der Waals surface area contributed by atoms with Crippen LogP contribution in [0.3, 0.4) is 0 Å². The number of para-hydroxylation sites is 1.